The maximum absolute atomic E-state index is 12.9. The molecule has 1 saturated heterocycles. The molecule has 0 saturated carbocycles. The highest BCUT2D eigenvalue weighted by Crippen LogP contribution is 2.39. The van der Waals surface area contributed by atoms with Crippen molar-refractivity contribution in [2.45, 2.75) is 25.6 Å². The van der Waals surface area contributed by atoms with Crippen LogP contribution in [0.1, 0.15) is 16.7 Å². The summed E-state index contributed by atoms with van der Waals surface area (Å²) in [5.74, 6) is 1.49. The topological polar surface area (TPSA) is 102 Å². The van der Waals surface area contributed by atoms with E-state index in [9.17, 15) is 9.59 Å². The number of pyridine rings is 1. The van der Waals surface area contributed by atoms with E-state index in [0.29, 0.717) is 18.5 Å². The minimum Gasteiger partial charge on any atom is -0.496 e. The van der Waals surface area contributed by atoms with Crippen LogP contribution in [0, 0.1) is 0 Å². The molecule has 2 amide bonds. The van der Waals surface area contributed by atoms with Crippen molar-refractivity contribution in [2.24, 2.45) is 12.8 Å². The fraction of sp³-hybridized carbons (Fsp3) is 0.478. The van der Waals surface area contributed by atoms with Gasteiger partial charge < -0.3 is 30.0 Å². The summed E-state index contributed by atoms with van der Waals surface area (Å²) in [6, 6.07) is 4.04. The molecule has 0 spiro atoms. The first-order chi connectivity index (χ1) is 15.4. The van der Waals surface area contributed by atoms with Crippen molar-refractivity contribution < 1.29 is 14.3 Å². The van der Waals surface area contributed by atoms with Gasteiger partial charge in [0.1, 0.15) is 11.5 Å². The number of nitrogens with two attached hydrogens (primary N) is 1. The molecule has 3 N–H and O–H groups in total. The van der Waals surface area contributed by atoms with E-state index in [0.717, 1.165) is 53.4 Å². The van der Waals surface area contributed by atoms with Gasteiger partial charge >= 0.3 is 6.03 Å². The number of urea groups is 1. The van der Waals surface area contributed by atoms with Gasteiger partial charge in [-0.15, -0.1) is 0 Å². The monoisotopic (exact) mass is 441 g/mol. The normalized spacial score (nSPS) is 16.3. The SMILES string of the molecule is CNC(=O)N1CCc2c(-c3cc(OC)c(CN4CC(N)C4)cc3OC)cn(C)c(=O)c2C1. The standard InChI is InChI=1S/C23H31N5O4/c1-25-23(30)28-6-5-16-18(12-26(2)22(29)19(16)13-28)17-8-20(31-3)14(7-21(17)32-4)9-27-10-15(24)11-27/h7-8,12,15H,5-6,9-11,13,24H2,1-4H3,(H,25,30). The Labute approximate surface area is 187 Å². The average Bonchev–Trinajstić information content (AvgIpc) is 2.79. The van der Waals surface area contributed by atoms with Gasteiger partial charge in [-0.3, -0.25) is 9.69 Å². The van der Waals surface area contributed by atoms with E-state index in [1.807, 2.05) is 18.3 Å². The molecule has 0 bridgehead atoms. The highest BCUT2D eigenvalue weighted by atomic mass is 16.5. The molecule has 9 heteroatoms. The van der Waals surface area contributed by atoms with Gasteiger partial charge in [0, 0.05) is 74.8 Å². The quantitative estimate of drug-likeness (QED) is 0.715. The molecule has 9 nitrogen and oxygen atoms in total. The van der Waals surface area contributed by atoms with Crippen molar-refractivity contribution in [3.63, 3.8) is 0 Å². The zero-order chi connectivity index (χ0) is 23.0. The van der Waals surface area contributed by atoms with Crippen molar-refractivity contribution in [1.29, 1.82) is 0 Å². The molecule has 3 heterocycles. The van der Waals surface area contributed by atoms with Crippen molar-refractivity contribution in [3.05, 3.63) is 45.4 Å². The molecular weight excluding hydrogens is 410 g/mol. The van der Waals surface area contributed by atoms with Crippen LogP contribution in [-0.2, 0) is 26.6 Å². The number of aromatic nitrogens is 1. The number of carbonyl (C=O) groups excluding carboxylic acids is 1. The molecule has 0 aliphatic carbocycles. The Kier molecular flexibility index (Phi) is 6.12. The highest BCUT2D eigenvalue weighted by molar-refractivity contribution is 5.78. The van der Waals surface area contributed by atoms with E-state index < -0.39 is 0 Å². The van der Waals surface area contributed by atoms with E-state index in [2.05, 4.69) is 10.2 Å². The van der Waals surface area contributed by atoms with Gasteiger partial charge in [-0.1, -0.05) is 0 Å². The maximum atomic E-state index is 12.9. The second-order valence-corrected chi connectivity index (χ2v) is 8.46. The Hall–Kier alpha value is -3.04. The van der Waals surface area contributed by atoms with Crippen LogP contribution in [-0.4, -0.2) is 67.3 Å². The summed E-state index contributed by atoms with van der Waals surface area (Å²) in [5, 5.41) is 2.64. The predicted molar refractivity (Wildman–Crippen MR) is 122 cm³/mol. The molecular formula is C23H31N5O4. The maximum Gasteiger partial charge on any atom is 0.317 e. The first-order valence-corrected chi connectivity index (χ1v) is 10.8. The zero-order valence-corrected chi connectivity index (χ0v) is 19.1. The van der Waals surface area contributed by atoms with Crippen LogP contribution in [0.5, 0.6) is 11.5 Å². The number of fused-ring (bicyclic) bond motifs is 1. The lowest BCUT2D eigenvalue weighted by molar-refractivity contribution is 0.141. The molecule has 1 fully saturated rings. The molecule has 2 aromatic rings. The van der Waals surface area contributed by atoms with Crippen LogP contribution in [0.15, 0.2) is 23.1 Å². The van der Waals surface area contributed by atoms with Crippen LogP contribution >= 0.6 is 0 Å². The van der Waals surface area contributed by atoms with Crippen LogP contribution in [0.3, 0.4) is 0 Å². The number of carbonyl (C=O) groups is 1. The van der Waals surface area contributed by atoms with Gasteiger partial charge in [-0.2, -0.15) is 0 Å². The number of likely N-dealkylation sites (tertiary alicyclic amines) is 1. The number of nitrogens with zero attached hydrogens (tertiary/aromatic N) is 3. The van der Waals surface area contributed by atoms with Crippen LogP contribution in [0.25, 0.3) is 11.1 Å². The minimum atomic E-state index is -0.183. The summed E-state index contributed by atoms with van der Waals surface area (Å²) in [5.41, 5.74) is 10.3. The number of ether oxygens (including phenoxy) is 2. The molecule has 0 radical (unpaired) electrons. The van der Waals surface area contributed by atoms with E-state index in [1.54, 1.807) is 37.8 Å². The molecule has 172 valence electrons. The first-order valence-electron chi connectivity index (χ1n) is 10.8. The zero-order valence-electron chi connectivity index (χ0n) is 19.1. The Morgan fingerprint density at radius 3 is 2.50 bits per heavy atom. The smallest absolute Gasteiger partial charge is 0.317 e. The summed E-state index contributed by atoms with van der Waals surface area (Å²) in [7, 11) is 6.64. The van der Waals surface area contributed by atoms with E-state index in [-0.39, 0.29) is 24.2 Å². The second kappa shape index (κ2) is 8.84. The molecule has 1 aromatic carbocycles. The van der Waals surface area contributed by atoms with E-state index in [1.165, 1.54) is 0 Å². The predicted octanol–water partition coefficient (Wildman–Crippen LogP) is 0.910. The number of benzene rings is 1. The number of hydrogen-bond donors (Lipinski definition) is 2. The lowest BCUT2D eigenvalue weighted by atomic mass is 9.91. The fourth-order valence-corrected chi connectivity index (χ4v) is 4.64. The second-order valence-electron chi connectivity index (χ2n) is 8.46. The third kappa shape index (κ3) is 3.93. The van der Waals surface area contributed by atoms with Crippen molar-refractivity contribution in [2.75, 3.05) is 40.9 Å². The number of rotatable bonds is 5. The Bertz CT molecular complexity index is 1090. The number of aryl methyl sites for hydroxylation is 1. The summed E-state index contributed by atoms with van der Waals surface area (Å²) in [6.45, 7) is 3.29. The summed E-state index contributed by atoms with van der Waals surface area (Å²) >= 11 is 0. The van der Waals surface area contributed by atoms with Gasteiger partial charge in [0.15, 0.2) is 0 Å². The summed E-state index contributed by atoms with van der Waals surface area (Å²) in [4.78, 5) is 29.0. The molecule has 1 aromatic heterocycles. The molecule has 0 unspecified atom stereocenters. The Morgan fingerprint density at radius 2 is 1.88 bits per heavy atom. The van der Waals surface area contributed by atoms with Crippen LogP contribution in [0.4, 0.5) is 4.79 Å². The number of amides is 2. The Morgan fingerprint density at radius 1 is 1.16 bits per heavy atom. The average molecular weight is 442 g/mol. The number of nitrogens with one attached hydrogen (secondary N) is 1. The summed E-state index contributed by atoms with van der Waals surface area (Å²) < 4.78 is 13.1. The van der Waals surface area contributed by atoms with E-state index in [4.69, 9.17) is 15.2 Å². The number of methoxy groups -OCH3 is 2. The lowest BCUT2D eigenvalue weighted by Gasteiger charge is -2.37. The molecule has 0 atom stereocenters. The third-order valence-electron chi connectivity index (χ3n) is 6.34. The fourth-order valence-electron chi connectivity index (χ4n) is 4.64. The van der Waals surface area contributed by atoms with Crippen LogP contribution in [0.2, 0.25) is 0 Å². The minimum absolute atomic E-state index is 0.0889. The van der Waals surface area contributed by atoms with Gasteiger partial charge in [-0.25, -0.2) is 4.79 Å². The molecule has 4 rings (SSSR count). The van der Waals surface area contributed by atoms with Gasteiger partial charge in [-0.05, 0) is 24.1 Å². The molecule has 2 aliphatic heterocycles. The highest BCUT2D eigenvalue weighted by Gasteiger charge is 2.28. The van der Waals surface area contributed by atoms with Crippen LogP contribution < -0.4 is 26.1 Å². The summed E-state index contributed by atoms with van der Waals surface area (Å²) in [6.07, 6.45) is 2.44. The van der Waals surface area contributed by atoms with Gasteiger partial charge in [0.2, 0.25) is 0 Å². The Balaban J connectivity index is 1.79. The van der Waals surface area contributed by atoms with Crippen molar-refractivity contribution in [1.82, 2.24) is 19.7 Å². The van der Waals surface area contributed by atoms with Crippen molar-refractivity contribution >= 4 is 6.03 Å². The van der Waals surface area contributed by atoms with Gasteiger partial charge in [0.25, 0.3) is 5.56 Å². The third-order valence-corrected chi connectivity index (χ3v) is 6.34. The lowest BCUT2D eigenvalue weighted by Crippen LogP contribution is -2.54. The molecule has 2 aliphatic rings. The van der Waals surface area contributed by atoms with Gasteiger partial charge in [0.05, 0.1) is 20.8 Å². The largest absolute Gasteiger partial charge is 0.496 e. The molecule has 32 heavy (non-hydrogen) atoms. The number of hydrogen-bond acceptors (Lipinski definition) is 6. The first kappa shape index (κ1) is 22.2. The van der Waals surface area contributed by atoms with Crippen molar-refractivity contribution in [3.8, 4) is 22.6 Å². The van der Waals surface area contributed by atoms with E-state index >= 15 is 0 Å².